The first-order valence-corrected chi connectivity index (χ1v) is 9.36. The Morgan fingerprint density at radius 3 is 2.68 bits per heavy atom. The van der Waals surface area contributed by atoms with Gasteiger partial charge in [-0.1, -0.05) is 6.07 Å². The van der Waals surface area contributed by atoms with E-state index in [2.05, 4.69) is 5.32 Å². The molecule has 3 fully saturated rings. The summed E-state index contributed by atoms with van der Waals surface area (Å²) in [7, 11) is 0. The summed E-state index contributed by atoms with van der Waals surface area (Å²) in [6.45, 7) is 2.56. The van der Waals surface area contributed by atoms with Gasteiger partial charge in [-0.05, 0) is 55.7 Å². The quantitative estimate of drug-likeness (QED) is 0.883. The molecular formula is C19H26FN3O2. The highest BCUT2D eigenvalue weighted by Gasteiger charge is 2.40. The Bertz CT molecular complexity index is 646. The average Bonchev–Trinajstić information content (AvgIpc) is 3.24. The molecule has 2 N–H and O–H groups in total. The Hall–Kier alpha value is -1.82. The molecule has 2 saturated heterocycles. The van der Waals surface area contributed by atoms with Crippen LogP contribution >= 0.6 is 0 Å². The number of piperidine rings is 2. The number of nitrogens with zero attached hydrogens (tertiary/aromatic N) is 2. The van der Waals surface area contributed by atoms with Crippen LogP contribution in [0.2, 0.25) is 0 Å². The van der Waals surface area contributed by atoms with Crippen molar-refractivity contribution in [1.82, 2.24) is 10.2 Å². The van der Waals surface area contributed by atoms with Gasteiger partial charge in [0.2, 0.25) is 0 Å². The molecule has 2 aliphatic heterocycles. The van der Waals surface area contributed by atoms with E-state index in [1.165, 1.54) is 12.5 Å². The highest BCUT2D eigenvalue weighted by Crippen LogP contribution is 2.37. The van der Waals surface area contributed by atoms with Gasteiger partial charge in [0.1, 0.15) is 5.82 Å². The summed E-state index contributed by atoms with van der Waals surface area (Å²) < 4.78 is 14.5. The van der Waals surface area contributed by atoms with Gasteiger partial charge in [0.05, 0.1) is 11.8 Å². The minimum atomic E-state index is -0.269. The summed E-state index contributed by atoms with van der Waals surface area (Å²) in [4.78, 5) is 16.2. The van der Waals surface area contributed by atoms with Crippen LogP contribution in [0, 0.1) is 11.7 Å². The van der Waals surface area contributed by atoms with Gasteiger partial charge < -0.3 is 20.2 Å². The van der Waals surface area contributed by atoms with Crippen LogP contribution in [0.25, 0.3) is 0 Å². The standard InChI is InChI=1S/C19H26FN3O2/c20-17-10-13(2-4-18(17)22-7-5-16(24)6-8-22)11-21-19(25)23-12-14-1-3-15(23)9-14/h2,4,10,14-16,24H,1,3,5-9,11-12H2,(H,21,25). The van der Waals surface area contributed by atoms with Gasteiger partial charge in [0, 0.05) is 32.2 Å². The lowest BCUT2D eigenvalue weighted by atomic mass is 10.1. The summed E-state index contributed by atoms with van der Waals surface area (Å²) in [6.07, 6.45) is 4.58. The van der Waals surface area contributed by atoms with E-state index in [-0.39, 0.29) is 18.0 Å². The fraction of sp³-hybridized carbons (Fsp3) is 0.632. The number of aliphatic hydroxyl groups is 1. The number of carbonyl (C=O) groups is 1. The molecule has 4 rings (SSSR count). The van der Waals surface area contributed by atoms with Crippen molar-refractivity contribution in [2.75, 3.05) is 24.5 Å². The fourth-order valence-electron chi connectivity index (χ4n) is 4.48. The summed E-state index contributed by atoms with van der Waals surface area (Å²) in [5, 5.41) is 12.5. The SMILES string of the molecule is O=C(NCc1ccc(N2CCC(O)CC2)c(F)c1)N1CC2CCC1C2. The molecule has 1 aliphatic carbocycles. The molecule has 0 aromatic heterocycles. The topological polar surface area (TPSA) is 55.8 Å². The Kier molecular flexibility index (Phi) is 4.54. The number of urea groups is 1. The fourth-order valence-corrected chi connectivity index (χ4v) is 4.48. The molecule has 0 spiro atoms. The Labute approximate surface area is 147 Å². The summed E-state index contributed by atoms with van der Waals surface area (Å²) in [5.74, 6) is 0.416. The van der Waals surface area contributed by atoms with Crippen molar-refractivity contribution in [3.8, 4) is 0 Å². The van der Waals surface area contributed by atoms with Gasteiger partial charge in [0.15, 0.2) is 0 Å². The van der Waals surface area contributed by atoms with Gasteiger partial charge in [-0.2, -0.15) is 0 Å². The highest BCUT2D eigenvalue weighted by molar-refractivity contribution is 5.75. The molecule has 2 atom stereocenters. The van der Waals surface area contributed by atoms with Crippen LogP contribution in [0.15, 0.2) is 18.2 Å². The number of rotatable bonds is 3. The molecule has 1 aromatic rings. The smallest absolute Gasteiger partial charge is 0.317 e. The van der Waals surface area contributed by atoms with Gasteiger partial charge >= 0.3 is 6.03 Å². The maximum atomic E-state index is 14.5. The molecule has 1 aromatic carbocycles. The second-order valence-corrected chi connectivity index (χ2v) is 7.65. The monoisotopic (exact) mass is 347 g/mol. The van der Waals surface area contributed by atoms with E-state index < -0.39 is 0 Å². The minimum Gasteiger partial charge on any atom is -0.393 e. The predicted octanol–water partition coefficient (Wildman–Crippen LogP) is 2.48. The lowest BCUT2D eigenvalue weighted by Crippen LogP contribution is -2.44. The summed E-state index contributed by atoms with van der Waals surface area (Å²) >= 11 is 0. The molecule has 1 saturated carbocycles. The Balaban J connectivity index is 1.34. The zero-order valence-electron chi connectivity index (χ0n) is 14.5. The normalized spacial score (nSPS) is 26.3. The van der Waals surface area contributed by atoms with Crippen molar-refractivity contribution in [2.45, 2.75) is 50.8 Å². The van der Waals surface area contributed by atoms with Crippen molar-refractivity contribution in [3.05, 3.63) is 29.6 Å². The van der Waals surface area contributed by atoms with E-state index in [1.807, 2.05) is 15.9 Å². The molecular weight excluding hydrogens is 321 g/mol. The van der Waals surface area contributed by atoms with Crippen molar-refractivity contribution >= 4 is 11.7 Å². The second kappa shape index (κ2) is 6.83. The van der Waals surface area contributed by atoms with E-state index in [9.17, 15) is 14.3 Å². The molecule has 6 heteroatoms. The lowest BCUT2D eigenvalue weighted by Gasteiger charge is -2.31. The molecule has 0 radical (unpaired) electrons. The van der Waals surface area contributed by atoms with E-state index in [4.69, 9.17) is 0 Å². The highest BCUT2D eigenvalue weighted by atomic mass is 19.1. The second-order valence-electron chi connectivity index (χ2n) is 7.65. The van der Waals surface area contributed by atoms with Crippen molar-refractivity contribution < 1.29 is 14.3 Å². The van der Waals surface area contributed by atoms with Crippen molar-refractivity contribution in [2.24, 2.45) is 5.92 Å². The number of carbonyl (C=O) groups excluding carboxylic acids is 1. The Morgan fingerprint density at radius 2 is 2.04 bits per heavy atom. The maximum absolute atomic E-state index is 14.5. The van der Waals surface area contributed by atoms with E-state index in [0.29, 0.717) is 50.1 Å². The predicted molar refractivity (Wildman–Crippen MR) is 93.9 cm³/mol. The number of hydrogen-bond acceptors (Lipinski definition) is 3. The Morgan fingerprint density at radius 1 is 1.24 bits per heavy atom. The number of hydrogen-bond donors (Lipinski definition) is 2. The molecule has 5 nitrogen and oxygen atoms in total. The van der Waals surface area contributed by atoms with Crippen molar-refractivity contribution in [1.29, 1.82) is 0 Å². The first-order valence-electron chi connectivity index (χ1n) is 9.36. The number of halogens is 1. The van der Waals surface area contributed by atoms with E-state index in [0.717, 1.165) is 24.9 Å². The average molecular weight is 347 g/mol. The number of benzene rings is 1. The zero-order valence-corrected chi connectivity index (χ0v) is 14.5. The number of aliphatic hydroxyl groups excluding tert-OH is 1. The summed E-state index contributed by atoms with van der Waals surface area (Å²) in [6, 6.07) is 5.54. The number of likely N-dealkylation sites (tertiary alicyclic amines) is 1. The molecule has 2 unspecified atom stereocenters. The maximum Gasteiger partial charge on any atom is 0.317 e. The molecule has 2 bridgehead atoms. The van der Waals surface area contributed by atoms with Crippen molar-refractivity contribution in [3.63, 3.8) is 0 Å². The third-order valence-electron chi connectivity index (χ3n) is 5.93. The minimum absolute atomic E-state index is 0.0262. The molecule has 136 valence electrons. The third-order valence-corrected chi connectivity index (χ3v) is 5.93. The van der Waals surface area contributed by atoms with Gasteiger partial charge in [0.25, 0.3) is 0 Å². The number of nitrogens with one attached hydrogen (secondary N) is 1. The van der Waals surface area contributed by atoms with Crippen LogP contribution in [-0.4, -0.2) is 47.8 Å². The van der Waals surface area contributed by atoms with Crippen LogP contribution in [0.5, 0.6) is 0 Å². The van der Waals surface area contributed by atoms with Crippen LogP contribution in [0.1, 0.15) is 37.7 Å². The van der Waals surface area contributed by atoms with Crippen LogP contribution in [0.4, 0.5) is 14.9 Å². The zero-order chi connectivity index (χ0) is 17.4. The third kappa shape index (κ3) is 3.45. The van der Waals surface area contributed by atoms with Gasteiger partial charge in [-0.25, -0.2) is 9.18 Å². The molecule has 2 heterocycles. The van der Waals surface area contributed by atoms with Crippen LogP contribution < -0.4 is 10.2 Å². The first kappa shape index (κ1) is 16.6. The number of amides is 2. The van der Waals surface area contributed by atoms with Crippen LogP contribution in [0.3, 0.4) is 0 Å². The lowest BCUT2D eigenvalue weighted by molar-refractivity contribution is 0.145. The number of anilines is 1. The van der Waals surface area contributed by atoms with Crippen LogP contribution in [-0.2, 0) is 6.54 Å². The first-order chi connectivity index (χ1) is 12.1. The van der Waals surface area contributed by atoms with Gasteiger partial charge in [-0.15, -0.1) is 0 Å². The summed E-state index contributed by atoms with van der Waals surface area (Å²) in [5.41, 5.74) is 1.36. The molecule has 2 amide bonds. The number of fused-ring (bicyclic) bond motifs is 2. The van der Waals surface area contributed by atoms with Gasteiger partial charge in [-0.3, -0.25) is 0 Å². The molecule has 25 heavy (non-hydrogen) atoms. The molecule has 3 aliphatic rings. The van der Waals surface area contributed by atoms with E-state index in [1.54, 1.807) is 6.07 Å². The van der Waals surface area contributed by atoms with E-state index >= 15 is 0 Å². The largest absolute Gasteiger partial charge is 0.393 e.